The van der Waals surface area contributed by atoms with E-state index in [1.165, 1.54) is 70.7 Å². The molecular weight excluding hydrogens is 456 g/mol. The van der Waals surface area contributed by atoms with Gasteiger partial charge in [-0.15, -0.1) is 6.58 Å². The molecule has 0 nitrogen and oxygen atoms in total. The van der Waals surface area contributed by atoms with Gasteiger partial charge in [-0.05, 0) is 90.1 Å². The molecule has 2 aliphatic rings. The van der Waals surface area contributed by atoms with Crippen LogP contribution in [0.1, 0.15) is 123 Å². The van der Waals surface area contributed by atoms with Crippen LogP contribution in [0.2, 0.25) is 0 Å². The normalized spacial score (nSPS) is 17.6. The summed E-state index contributed by atoms with van der Waals surface area (Å²) in [6.07, 6.45) is 20.6. The van der Waals surface area contributed by atoms with Gasteiger partial charge in [0.1, 0.15) is 0 Å². The van der Waals surface area contributed by atoms with E-state index < -0.39 is 0 Å². The fourth-order valence-electron chi connectivity index (χ4n) is 6.10. The van der Waals surface area contributed by atoms with Crippen molar-refractivity contribution in [2.24, 2.45) is 0 Å². The number of benzene rings is 2. The van der Waals surface area contributed by atoms with Crippen molar-refractivity contribution in [3.8, 4) is 0 Å². The van der Waals surface area contributed by atoms with Crippen LogP contribution in [0.3, 0.4) is 0 Å². The van der Waals surface area contributed by atoms with Crippen molar-refractivity contribution in [1.29, 1.82) is 0 Å². The van der Waals surface area contributed by atoms with Crippen molar-refractivity contribution in [2.45, 2.75) is 119 Å². The van der Waals surface area contributed by atoms with Crippen LogP contribution in [-0.2, 0) is 18.3 Å². The highest BCUT2D eigenvalue weighted by atomic mass is 14.5. The lowest BCUT2D eigenvalue weighted by Gasteiger charge is -2.37. The Morgan fingerprint density at radius 1 is 0.842 bits per heavy atom. The molecule has 208 valence electrons. The van der Waals surface area contributed by atoms with Crippen LogP contribution in [0.25, 0.3) is 16.3 Å². The Morgan fingerprint density at radius 2 is 1.45 bits per heavy atom. The minimum Gasteiger partial charge on any atom is -0.103 e. The van der Waals surface area contributed by atoms with Gasteiger partial charge in [0.25, 0.3) is 0 Å². The van der Waals surface area contributed by atoms with Crippen LogP contribution in [0, 0.1) is 0 Å². The molecule has 0 aliphatic heterocycles. The summed E-state index contributed by atoms with van der Waals surface area (Å²) < 4.78 is 0. The second-order valence-electron chi connectivity index (χ2n) is 9.81. The van der Waals surface area contributed by atoms with Gasteiger partial charge in [-0.3, -0.25) is 0 Å². The Kier molecular flexibility index (Phi) is 15.0. The Balaban J connectivity index is 0.000000944. The van der Waals surface area contributed by atoms with E-state index in [0.29, 0.717) is 0 Å². The topological polar surface area (TPSA) is 0 Å². The quantitative estimate of drug-likeness (QED) is 0.349. The zero-order valence-corrected chi connectivity index (χ0v) is 26.3. The molecule has 0 aromatic heterocycles. The smallest absolute Gasteiger partial charge is 0.0221 e. The highest BCUT2D eigenvalue weighted by molar-refractivity contribution is 6.02. The summed E-state index contributed by atoms with van der Waals surface area (Å²) in [5.41, 5.74) is 10.6. The van der Waals surface area contributed by atoms with Crippen molar-refractivity contribution in [2.75, 3.05) is 0 Å². The van der Waals surface area contributed by atoms with E-state index in [1.54, 1.807) is 17.2 Å². The molecule has 0 heteroatoms. The molecule has 1 spiro atoms. The lowest BCUT2D eigenvalue weighted by Crippen LogP contribution is -2.28. The van der Waals surface area contributed by atoms with E-state index in [4.69, 9.17) is 0 Å². The Bertz CT molecular complexity index is 1130. The molecule has 38 heavy (non-hydrogen) atoms. The van der Waals surface area contributed by atoms with Crippen LogP contribution >= 0.6 is 0 Å². The van der Waals surface area contributed by atoms with Gasteiger partial charge in [0, 0.05) is 5.41 Å². The van der Waals surface area contributed by atoms with Crippen molar-refractivity contribution in [3.63, 3.8) is 0 Å². The van der Waals surface area contributed by atoms with Crippen LogP contribution < -0.4 is 0 Å². The fourth-order valence-corrected chi connectivity index (χ4v) is 6.10. The van der Waals surface area contributed by atoms with E-state index in [0.717, 1.165) is 19.3 Å². The molecule has 1 fully saturated rings. The number of fused-ring (bicyclic) bond motifs is 4. The highest BCUT2D eigenvalue weighted by Gasteiger charge is 2.46. The Labute approximate surface area is 236 Å². The molecule has 0 unspecified atom stereocenters. The average Bonchev–Trinajstić information content (AvgIpc) is 3.22. The first-order valence-electron chi connectivity index (χ1n) is 15.4. The third-order valence-corrected chi connectivity index (χ3v) is 7.80. The van der Waals surface area contributed by atoms with Crippen LogP contribution in [-0.4, -0.2) is 0 Å². The number of hydrogen-bond acceptors (Lipinski definition) is 0. The van der Waals surface area contributed by atoms with Gasteiger partial charge in [-0.25, -0.2) is 0 Å². The summed E-state index contributed by atoms with van der Waals surface area (Å²) in [6.45, 7) is 26.4. The number of hydrogen-bond donors (Lipinski definition) is 0. The SMILES string of the molecule is C=C/C=C1/C(=C\C=C(/C)CC)c2ccc3c(CC)c(CC)ccc3c2C12CCCCC2.C=CC.CC.CC. The number of allylic oxidation sites excluding steroid dienone is 8. The third-order valence-electron chi connectivity index (χ3n) is 7.80. The average molecular weight is 513 g/mol. The molecule has 1 saturated carbocycles. The van der Waals surface area contributed by atoms with Crippen molar-refractivity contribution >= 4 is 16.3 Å². The molecule has 0 atom stereocenters. The minimum atomic E-state index is 0.139. The first-order chi connectivity index (χ1) is 18.5. The van der Waals surface area contributed by atoms with Gasteiger partial charge < -0.3 is 0 Å². The molecule has 0 bridgehead atoms. The van der Waals surface area contributed by atoms with Crippen LogP contribution in [0.4, 0.5) is 0 Å². The molecule has 0 amide bonds. The van der Waals surface area contributed by atoms with Gasteiger partial charge >= 0.3 is 0 Å². The molecule has 4 rings (SSSR count). The maximum atomic E-state index is 4.10. The number of aryl methyl sites for hydroxylation is 2. The lowest BCUT2D eigenvalue weighted by molar-refractivity contribution is 0.355. The molecule has 2 aromatic rings. The first-order valence-corrected chi connectivity index (χ1v) is 15.4. The largest absolute Gasteiger partial charge is 0.103 e. The minimum absolute atomic E-state index is 0.139. The van der Waals surface area contributed by atoms with E-state index in [9.17, 15) is 0 Å². The molecular formula is C38H56. The summed E-state index contributed by atoms with van der Waals surface area (Å²) in [5, 5.41) is 2.97. The molecule has 2 aliphatic carbocycles. The molecule has 2 aromatic carbocycles. The standard InChI is InChI=1S/C31H38.C3H6.2C2H6/c1-6-13-29-26(16-14-22(5)7-2)28-19-18-25-24(9-4)23(8-3)15-17-27(25)30(28)31(29)20-11-10-12-21-31;1-3-2;2*1-2/h6,13-19H,1,7-12,20-21H2,2-5H3;3H,1H2,2H3;2*1-2H3/b22-14+,26-16-,29-13-;;;. The van der Waals surface area contributed by atoms with Crippen molar-refractivity contribution in [3.05, 3.63) is 101 Å². The Morgan fingerprint density at radius 3 is 1.97 bits per heavy atom. The van der Waals surface area contributed by atoms with Gasteiger partial charge in [0.2, 0.25) is 0 Å². The van der Waals surface area contributed by atoms with Gasteiger partial charge in [0.15, 0.2) is 0 Å². The maximum absolute atomic E-state index is 4.10. The lowest BCUT2D eigenvalue weighted by atomic mass is 9.66. The van der Waals surface area contributed by atoms with Gasteiger partial charge in [0.05, 0.1) is 0 Å². The van der Waals surface area contributed by atoms with E-state index in [-0.39, 0.29) is 5.41 Å². The molecule has 0 N–H and O–H groups in total. The Hall–Kier alpha value is -2.60. The van der Waals surface area contributed by atoms with E-state index >= 15 is 0 Å². The zero-order valence-electron chi connectivity index (χ0n) is 26.3. The predicted octanol–water partition coefficient (Wildman–Crippen LogP) is 12.3. The van der Waals surface area contributed by atoms with E-state index in [1.807, 2.05) is 40.7 Å². The predicted molar refractivity (Wildman–Crippen MR) is 176 cm³/mol. The van der Waals surface area contributed by atoms with Crippen LogP contribution in [0.15, 0.2) is 78.9 Å². The van der Waals surface area contributed by atoms with Crippen molar-refractivity contribution in [1.82, 2.24) is 0 Å². The second-order valence-corrected chi connectivity index (χ2v) is 9.81. The van der Waals surface area contributed by atoms with E-state index in [2.05, 4.69) is 83.3 Å². The fraction of sp³-hybridized carbons (Fsp3) is 0.474. The summed E-state index contributed by atoms with van der Waals surface area (Å²) >= 11 is 0. The molecule has 0 heterocycles. The number of rotatable bonds is 5. The molecule has 0 radical (unpaired) electrons. The molecule has 0 saturated heterocycles. The zero-order chi connectivity index (χ0) is 28.7. The monoisotopic (exact) mass is 512 g/mol. The van der Waals surface area contributed by atoms with Gasteiger partial charge in [-0.2, -0.15) is 0 Å². The van der Waals surface area contributed by atoms with Crippen molar-refractivity contribution < 1.29 is 0 Å². The second kappa shape index (κ2) is 17.1. The summed E-state index contributed by atoms with van der Waals surface area (Å²) in [6, 6.07) is 9.67. The summed E-state index contributed by atoms with van der Waals surface area (Å²) in [7, 11) is 0. The highest BCUT2D eigenvalue weighted by Crippen LogP contribution is 2.58. The summed E-state index contributed by atoms with van der Waals surface area (Å²) in [4.78, 5) is 0. The first kappa shape index (κ1) is 33.4. The summed E-state index contributed by atoms with van der Waals surface area (Å²) in [5.74, 6) is 0. The van der Waals surface area contributed by atoms with Gasteiger partial charge in [-0.1, -0.05) is 135 Å². The third kappa shape index (κ3) is 6.88. The van der Waals surface area contributed by atoms with Crippen LogP contribution in [0.5, 0.6) is 0 Å². The maximum Gasteiger partial charge on any atom is 0.0221 e.